The Morgan fingerprint density at radius 3 is 2.12 bits per heavy atom. The van der Waals surface area contributed by atoms with Crippen LogP contribution in [0.25, 0.3) is 0 Å². The third-order valence-electron chi connectivity index (χ3n) is 11.1. The van der Waals surface area contributed by atoms with Crippen molar-refractivity contribution in [1.29, 1.82) is 0 Å². The monoisotopic (exact) mass is 548 g/mol. The van der Waals surface area contributed by atoms with Crippen molar-refractivity contribution in [3.8, 4) is 0 Å². The maximum atomic E-state index is 13.2. The van der Waals surface area contributed by atoms with Gasteiger partial charge >= 0.3 is 5.97 Å². The standard InChI is InChI=1S/C33H44N2O5/c1-30-15-10-16-31(2,39-3)32(30,37)21-26-27(29(36)40-28(26)22-30)23-34-17-19-35(20-18-34)33(38,24-11-6-4-7-12-24)25-13-8-5-9-14-25/h4-9,11-14,26-28,37-38H,10,15-23H2,1-3H3/t26-,27-,28-,30-,31-,32-/m1/s1. The Balaban J connectivity index is 1.18. The number of aliphatic hydroxyl groups is 2. The molecular weight excluding hydrogens is 504 g/mol. The van der Waals surface area contributed by atoms with Crippen LogP contribution in [0.3, 0.4) is 0 Å². The maximum Gasteiger partial charge on any atom is 0.310 e. The van der Waals surface area contributed by atoms with Crippen LogP contribution in [0.2, 0.25) is 0 Å². The molecule has 4 fully saturated rings. The SMILES string of the molecule is CO[C@]1(C)CCC[C@]2(C)C[C@H]3OC(=O)[C@H](CN4CCN(C(O)(c5ccccc5)c5ccccc5)CC4)[C@H]3C[C@@]21O. The van der Waals surface area contributed by atoms with Crippen LogP contribution in [0.4, 0.5) is 0 Å². The molecule has 4 aliphatic rings. The lowest BCUT2D eigenvalue weighted by atomic mass is 9.49. The number of carbonyl (C=O) groups excluding carboxylic acids is 1. The van der Waals surface area contributed by atoms with Crippen LogP contribution >= 0.6 is 0 Å². The third kappa shape index (κ3) is 4.24. The topological polar surface area (TPSA) is 82.5 Å². The molecule has 0 radical (unpaired) electrons. The van der Waals surface area contributed by atoms with E-state index in [-0.39, 0.29) is 29.3 Å². The Morgan fingerprint density at radius 2 is 1.55 bits per heavy atom. The van der Waals surface area contributed by atoms with Crippen LogP contribution < -0.4 is 0 Å². The number of piperazine rings is 1. The molecule has 0 spiro atoms. The van der Waals surface area contributed by atoms with Crippen LogP contribution in [0.5, 0.6) is 0 Å². The molecule has 6 rings (SSSR count). The summed E-state index contributed by atoms with van der Waals surface area (Å²) in [5.74, 6) is -0.426. The lowest BCUT2D eigenvalue weighted by Gasteiger charge is -2.62. The maximum absolute atomic E-state index is 13.2. The number of carbonyl (C=O) groups is 1. The summed E-state index contributed by atoms with van der Waals surface area (Å²) in [6, 6.07) is 19.7. The second-order valence-electron chi connectivity index (χ2n) is 13.1. The fraction of sp³-hybridized carbons (Fsp3) is 0.606. The molecule has 0 aromatic heterocycles. The largest absolute Gasteiger partial charge is 0.462 e. The molecule has 2 saturated heterocycles. The van der Waals surface area contributed by atoms with Crippen LogP contribution in [-0.4, -0.2) is 83.1 Å². The van der Waals surface area contributed by atoms with Gasteiger partial charge in [-0.1, -0.05) is 67.6 Å². The van der Waals surface area contributed by atoms with Crippen LogP contribution in [0.1, 0.15) is 57.1 Å². The first-order chi connectivity index (χ1) is 19.1. The molecule has 0 amide bonds. The highest BCUT2D eigenvalue weighted by Gasteiger charge is 2.67. The minimum atomic E-state index is -1.23. The number of ether oxygens (including phenoxy) is 2. The van der Waals surface area contributed by atoms with E-state index in [1.165, 1.54) is 0 Å². The van der Waals surface area contributed by atoms with Crippen molar-refractivity contribution in [2.75, 3.05) is 39.8 Å². The van der Waals surface area contributed by atoms with E-state index in [9.17, 15) is 15.0 Å². The Hall–Kier alpha value is -2.29. The van der Waals surface area contributed by atoms with E-state index in [2.05, 4.69) is 16.7 Å². The van der Waals surface area contributed by atoms with E-state index in [4.69, 9.17) is 9.47 Å². The minimum absolute atomic E-state index is 0.0262. The highest BCUT2D eigenvalue weighted by molar-refractivity contribution is 5.75. The van der Waals surface area contributed by atoms with Gasteiger partial charge in [0.25, 0.3) is 0 Å². The fourth-order valence-electron chi connectivity index (χ4n) is 8.50. The molecule has 6 atom stereocenters. The molecule has 2 N–H and O–H groups in total. The zero-order valence-electron chi connectivity index (χ0n) is 24.1. The fourth-order valence-corrected chi connectivity index (χ4v) is 8.50. The number of esters is 1. The number of nitrogens with zero attached hydrogens (tertiary/aromatic N) is 2. The van der Waals surface area contributed by atoms with E-state index in [0.29, 0.717) is 32.5 Å². The second kappa shape index (κ2) is 10.2. The molecule has 0 bridgehead atoms. The number of hydrogen-bond donors (Lipinski definition) is 2. The first kappa shape index (κ1) is 27.9. The molecule has 7 heteroatoms. The summed E-state index contributed by atoms with van der Waals surface area (Å²) in [5.41, 5.74) is -1.49. The van der Waals surface area contributed by atoms with Crippen molar-refractivity contribution >= 4 is 5.97 Å². The van der Waals surface area contributed by atoms with Gasteiger partial charge in [0.15, 0.2) is 5.72 Å². The van der Waals surface area contributed by atoms with E-state index in [1.807, 2.05) is 67.6 Å². The molecule has 7 nitrogen and oxygen atoms in total. The number of benzene rings is 2. The molecule has 0 unspecified atom stereocenters. The first-order valence-electron chi connectivity index (χ1n) is 14.9. The van der Waals surface area contributed by atoms with E-state index in [1.54, 1.807) is 7.11 Å². The summed E-state index contributed by atoms with van der Waals surface area (Å²) < 4.78 is 12.0. The molecule has 2 aliphatic carbocycles. The van der Waals surface area contributed by atoms with Gasteiger partial charge in [0.2, 0.25) is 0 Å². The van der Waals surface area contributed by atoms with Crippen molar-refractivity contribution < 1.29 is 24.5 Å². The number of methoxy groups -OCH3 is 1. The lowest BCUT2D eigenvalue weighted by Crippen LogP contribution is -2.69. The second-order valence-corrected chi connectivity index (χ2v) is 13.1. The number of rotatable bonds is 6. The predicted octanol–water partition coefficient (Wildman–Crippen LogP) is 3.78. The van der Waals surface area contributed by atoms with Gasteiger partial charge < -0.3 is 19.7 Å². The highest BCUT2D eigenvalue weighted by Crippen LogP contribution is 2.61. The van der Waals surface area contributed by atoms with E-state index in [0.717, 1.165) is 43.5 Å². The Bertz CT molecular complexity index is 1160. The van der Waals surface area contributed by atoms with Gasteiger partial charge in [-0.3, -0.25) is 14.6 Å². The molecule has 2 aromatic rings. The van der Waals surface area contributed by atoms with Gasteiger partial charge in [-0.2, -0.15) is 0 Å². The van der Waals surface area contributed by atoms with Gasteiger partial charge in [-0.25, -0.2) is 0 Å². The van der Waals surface area contributed by atoms with E-state index < -0.39 is 16.9 Å². The van der Waals surface area contributed by atoms with Crippen LogP contribution in [0.15, 0.2) is 60.7 Å². The molecule has 2 aliphatic heterocycles. The van der Waals surface area contributed by atoms with Crippen molar-refractivity contribution in [2.45, 2.75) is 69.0 Å². The predicted molar refractivity (Wildman–Crippen MR) is 152 cm³/mol. The molecule has 2 aromatic carbocycles. The Labute approximate surface area is 238 Å². The van der Waals surface area contributed by atoms with Gasteiger partial charge in [0.05, 0.1) is 17.1 Å². The summed E-state index contributed by atoms with van der Waals surface area (Å²) in [6.45, 7) is 7.61. The van der Waals surface area contributed by atoms with Gasteiger partial charge in [0.1, 0.15) is 6.10 Å². The summed E-state index contributed by atoms with van der Waals surface area (Å²) >= 11 is 0. The zero-order chi connectivity index (χ0) is 28.2. The lowest BCUT2D eigenvalue weighted by molar-refractivity contribution is -0.270. The summed E-state index contributed by atoms with van der Waals surface area (Å²) in [7, 11) is 1.70. The highest BCUT2D eigenvalue weighted by atomic mass is 16.6. The van der Waals surface area contributed by atoms with Crippen molar-refractivity contribution in [2.24, 2.45) is 17.3 Å². The number of hydrogen-bond acceptors (Lipinski definition) is 7. The van der Waals surface area contributed by atoms with Crippen LogP contribution in [-0.2, 0) is 20.0 Å². The van der Waals surface area contributed by atoms with Crippen LogP contribution in [0, 0.1) is 17.3 Å². The number of fused-ring (bicyclic) bond motifs is 2. The average molecular weight is 549 g/mol. The molecule has 2 heterocycles. The van der Waals surface area contributed by atoms with Crippen molar-refractivity contribution in [3.63, 3.8) is 0 Å². The average Bonchev–Trinajstić information content (AvgIpc) is 3.26. The van der Waals surface area contributed by atoms with E-state index >= 15 is 0 Å². The molecule has 216 valence electrons. The van der Waals surface area contributed by atoms with Gasteiger partial charge in [0, 0.05) is 62.3 Å². The Kier molecular flexibility index (Phi) is 7.11. The van der Waals surface area contributed by atoms with Crippen molar-refractivity contribution in [1.82, 2.24) is 9.80 Å². The third-order valence-corrected chi connectivity index (χ3v) is 11.1. The molecule has 2 saturated carbocycles. The quantitative estimate of drug-likeness (QED) is 0.532. The summed E-state index contributed by atoms with van der Waals surface area (Å²) in [4.78, 5) is 17.7. The Morgan fingerprint density at radius 1 is 0.950 bits per heavy atom. The van der Waals surface area contributed by atoms with Gasteiger partial charge in [-0.15, -0.1) is 0 Å². The van der Waals surface area contributed by atoms with Crippen molar-refractivity contribution in [3.05, 3.63) is 71.8 Å². The smallest absolute Gasteiger partial charge is 0.310 e. The summed E-state index contributed by atoms with van der Waals surface area (Å²) in [5, 5.41) is 24.4. The summed E-state index contributed by atoms with van der Waals surface area (Å²) in [6.07, 6.45) is 3.80. The minimum Gasteiger partial charge on any atom is -0.462 e. The first-order valence-corrected chi connectivity index (χ1v) is 14.9. The zero-order valence-corrected chi connectivity index (χ0v) is 24.1. The molecule has 40 heavy (non-hydrogen) atoms. The normalized spacial score (nSPS) is 37.0. The van der Waals surface area contributed by atoms with Gasteiger partial charge in [-0.05, 0) is 39.0 Å². The molecular formula is C33H44N2O5.